The molecule has 0 saturated carbocycles. The average molecular weight is 1190 g/mol. The minimum atomic E-state index is -2.32. The summed E-state index contributed by atoms with van der Waals surface area (Å²) in [5.74, 6) is -0.769. The van der Waals surface area contributed by atoms with Crippen molar-refractivity contribution in [2.45, 2.75) is 222 Å². The van der Waals surface area contributed by atoms with Crippen LogP contribution in [-0.2, 0) is 66.4 Å². The molecule has 37 nitrogen and oxygen atoms in total. The van der Waals surface area contributed by atoms with E-state index in [0.717, 1.165) is 6.92 Å². The summed E-state index contributed by atoms with van der Waals surface area (Å²) in [5.41, 5.74) is 0. The van der Waals surface area contributed by atoms with Crippen LogP contribution < -0.4 is 5.32 Å². The number of hydrogen-bond donors (Lipinski definition) is 23. The Balaban J connectivity index is 1.05. The molecule has 1 amide bonds. The SMILES string of the molecule is CC(=O)N[C@H]1[C@H](O[C@H]2[C@@H](O)[C@@H](CO)O[C@H](O[C@H]3[C@@H](O)[C@@H](CO)O[C@H](O[C@H]4[C@@H](O)[C@@H](CO)O[C@H](O[C@H]5[C@@H](O)[C@@H](CO)O[C@H](O[C@@H]6[C@H](O)[C@@H](O)[C@H](O[C@H]7[C@H](O)[C@@H](O)[C@H](O)O[C@@H]7CO)O[C@@H]6CO)[C@@H]5O)[C@@H]4O)[C@@H]3O)[C@@H]2O)O[C@H](CO)[C@H](O)[C@@H]1O. The molecule has 35 atom stereocenters. The smallest absolute Gasteiger partial charge is 0.217 e. The third kappa shape index (κ3) is 13.9. The van der Waals surface area contributed by atoms with Crippen molar-refractivity contribution in [3.63, 3.8) is 0 Å². The minimum absolute atomic E-state index is 0.769. The van der Waals surface area contributed by atoms with Crippen molar-refractivity contribution >= 4 is 5.91 Å². The Morgan fingerprint density at radius 2 is 0.556 bits per heavy atom. The summed E-state index contributed by atoms with van der Waals surface area (Å²) in [6.07, 6.45) is -67.4. The van der Waals surface area contributed by atoms with Gasteiger partial charge in [-0.2, -0.15) is 0 Å². The van der Waals surface area contributed by atoms with Gasteiger partial charge < -0.3 is 179 Å². The predicted octanol–water partition coefficient (Wildman–Crippen LogP) is -16.1. The third-order valence-corrected chi connectivity index (χ3v) is 14.9. The van der Waals surface area contributed by atoms with E-state index in [4.69, 9.17) is 61.6 Å². The molecule has 37 heteroatoms. The minimum Gasteiger partial charge on any atom is -0.394 e. The molecule has 0 aromatic rings. The van der Waals surface area contributed by atoms with Gasteiger partial charge in [-0.15, -0.1) is 0 Å². The van der Waals surface area contributed by atoms with Crippen LogP contribution in [0.2, 0.25) is 0 Å². The van der Waals surface area contributed by atoms with E-state index >= 15 is 0 Å². The molecule has 0 spiro atoms. The summed E-state index contributed by atoms with van der Waals surface area (Å²) in [6.45, 7) is -6.03. The van der Waals surface area contributed by atoms with E-state index in [1.54, 1.807) is 0 Å². The lowest BCUT2D eigenvalue weighted by molar-refractivity contribution is -0.399. The van der Waals surface area contributed by atoms with Gasteiger partial charge in [0.1, 0.15) is 171 Å². The Labute approximate surface area is 457 Å². The first kappa shape index (κ1) is 66.6. The number of aliphatic hydroxyl groups excluding tert-OH is 22. The summed E-state index contributed by atoms with van der Waals surface area (Å²) in [5, 5.41) is 239. The normalized spacial score (nSPS) is 51.9. The number of aliphatic hydroxyl groups is 22. The van der Waals surface area contributed by atoms with Gasteiger partial charge in [-0.1, -0.05) is 0 Å². The number of hydrogen-bond acceptors (Lipinski definition) is 36. The lowest BCUT2D eigenvalue weighted by Crippen LogP contribution is -2.69. The zero-order valence-electron chi connectivity index (χ0n) is 42.7. The Kier molecular flexibility index (Phi) is 23.6. The van der Waals surface area contributed by atoms with Crippen molar-refractivity contribution in [3.8, 4) is 0 Å². The van der Waals surface area contributed by atoms with E-state index in [0.29, 0.717) is 0 Å². The topological polar surface area (TPSA) is 594 Å². The fourth-order valence-corrected chi connectivity index (χ4v) is 10.4. The summed E-state index contributed by atoms with van der Waals surface area (Å²) in [4.78, 5) is 12.1. The van der Waals surface area contributed by atoms with Crippen molar-refractivity contribution in [1.82, 2.24) is 5.32 Å². The van der Waals surface area contributed by atoms with E-state index in [9.17, 15) is 117 Å². The fraction of sp³-hybridized carbons (Fsp3) is 0.977. The molecule has 7 heterocycles. The summed E-state index contributed by atoms with van der Waals surface area (Å²) in [7, 11) is 0. The number of carbonyl (C=O) groups excluding carboxylic acids is 1. The van der Waals surface area contributed by atoms with Crippen LogP contribution in [0.4, 0.5) is 0 Å². The quantitative estimate of drug-likeness (QED) is 0.0538. The van der Waals surface area contributed by atoms with Gasteiger partial charge in [0, 0.05) is 6.92 Å². The molecule has 0 aromatic carbocycles. The molecule has 7 aliphatic rings. The second-order valence-corrected chi connectivity index (χ2v) is 20.3. The van der Waals surface area contributed by atoms with Crippen LogP contribution in [0.15, 0.2) is 0 Å². The summed E-state index contributed by atoms with van der Waals surface area (Å²) in [6, 6.07) is -1.61. The zero-order chi connectivity index (χ0) is 59.6. The first-order valence-electron chi connectivity index (χ1n) is 25.6. The van der Waals surface area contributed by atoms with Crippen molar-refractivity contribution in [2.75, 3.05) is 46.2 Å². The van der Waals surface area contributed by atoms with Gasteiger partial charge in [0.25, 0.3) is 0 Å². The highest BCUT2D eigenvalue weighted by atomic mass is 16.8. The van der Waals surface area contributed by atoms with Crippen LogP contribution in [0.3, 0.4) is 0 Å². The van der Waals surface area contributed by atoms with Crippen molar-refractivity contribution in [3.05, 3.63) is 0 Å². The molecule has 7 aliphatic heterocycles. The number of ether oxygens (including phenoxy) is 13. The number of rotatable bonds is 20. The second-order valence-electron chi connectivity index (χ2n) is 20.3. The fourth-order valence-electron chi connectivity index (χ4n) is 10.4. The standard InChI is InChI=1S/C44H75NO36/c1-9(53)45-17-23(59)18(54)10(2-46)70-39(17)78-34-19(55)11(3-47)72-42(28(34)64)80-36-21(57)13(5-49)74-44(30(36)66)81-37-22(58)14(6-50)73-43(31(37)67)79-35-20(56)12(4-48)71-41(29(35)65)77-33-16(8-52)75-40(27(63)25(33)61)76-32-15(7-51)69-38(68)26(62)24(32)60/h10-44,46-52,54-68H,2-8H2,1H3,(H,45,53)/t10-,11-,12-,13-,14-,15-,16-,17-,18+,19+,20+,21+,22+,23-,24-,25-,26-,27-,28-,29-,30-,31-,32-,33+,34+,35+,36+,37+,38-,39+,40+,41-,42-,43-,44-/m1/s1. The van der Waals surface area contributed by atoms with Gasteiger partial charge in [-0.05, 0) is 0 Å². The molecule has 0 unspecified atom stereocenters. The third-order valence-electron chi connectivity index (χ3n) is 14.9. The zero-order valence-corrected chi connectivity index (χ0v) is 42.7. The van der Waals surface area contributed by atoms with Crippen LogP contribution in [0.5, 0.6) is 0 Å². The molecule has 7 fully saturated rings. The highest BCUT2D eigenvalue weighted by Crippen LogP contribution is 2.38. The Morgan fingerprint density at radius 3 is 0.889 bits per heavy atom. The lowest BCUT2D eigenvalue weighted by Gasteiger charge is -2.50. The van der Waals surface area contributed by atoms with Crippen LogP contribution >= 0.6 is 0 Å². The monoisotopic (exact) mass is 1190 g/mol. The molecule has 7 saturated heterocycles. The molecule has 23 N–H and O–H groups in total. The molecule has 0 bridgehead atoms. The van der Waals surface area contributed by atoms with Crippen LogP contribution in [0.1, 0.15) is 6.92 Å². The van der Waals surface area contributed by atoms with Gasteiger partial charge in [-0.25, -0.2) is 0 Å². The molecular weight excluding hydrogens is 1120 g/mol. The number of carbonyl (C=O) groups is 1. The van der Waals surface area contributed by atoms with E-state index < -0.39 is 267 Å². The van der Waals surface area contributed by atoms with E-state index in [1.165, 1.54) is 0 Å². The van der Waals surface area contributed by atoms with Gasteiger partial charge in [0.05, 0.1) is 46.2 Å². The second kappa shape index (κ2) is 28.7. The number of amides is 1. The molecule has 0 aromatic heterocycles. The predicted molar refractivity (Wildman–Crippen MR) is 243 cm³/mol. The lowest BCUT2D eigenvalue weighted by atomic mass is 9.94. The van der Waals surface area contributed by atoms with E-state index in [1.807, 2.05) is 0 Å². The van der Waals surface area contributed by atoms with Crippen LogP contribution in [0.25, 0.3) is 0 Å². The molecule has 0 aliphatic carbocycles. The molecule has 81 heavy (non-hydrogen) atoms. The van der Waals surface area contributed by atoms with E-state index in [-0.39, 0.29) is 0 Å². The van der Waals surface area contributed by atoms with E-state index in [2.05, 4.69) is 5.32 Å². The van der Waals surface area contributed by atoms with Crippen molar-refractivity contribution in [2.24, 2.45) is 0 Å². The van der Waals surface area contributed by atoms with Crippen LogP contribution in [-0.4, -0.2) is 379 Å². The molecule has 472 valence electrons. The maximum Gasteiger partial charge on any atom is 0.217 e. The molecule has 7 rings (SSSR count). The maximum atomic E-state index is 12.1. The van der Waals surface area contributed by atoms with Gasteiger partial charge >= 0.3 is 0 Å². The highest BCUT2D eigenvalue weighted by molar-refractivity contribution is 5.73. The first-order valence-corrected chi connectivity index (χ1v) is 25.6. The summed E-state index contributed by atoms with van der Waals surface area (Å²) >= 11 is 0. The van der Waals surface area contributed by atoms with Gasteiger partial charge in [0.15, 0.2) is 44.0 Å². The molecule has 0 radical (unpaired) electrons. The Hall–Kier alpha value is -1.93. The van der Waals surface area contributed by atoms with Gasteiger partial charge in [-0.3, -0.25) is 4.79 Å². The number of nitrogens with one attached hydrogen (secondary N) is 1. The average Bonchev–Trinajstić information content (AvgIpc) is 3.56. The summed E-state index contributed by atoms with van der Waals surface area (Å²) < 4.78 is 72.9. The first-order chi connectivity index (χ1) is 38.4. The maximum absolute atomic E-state index is 12.1. The molecular formula is C44H75NO36. The van der Waals surface area contributed by atoms with Gasteiger partial charge in [0.2, 0.25) is 5.91 Å². The van der Waals surface area contributed by atoms with Crippen molar-refractivity contribution in [1.29, 1.82) is 0 Å². The van der Waals surface area contributed by atoms with Crippen molar-refractivity contribution < 1.29 is 179 Å². The Bertz CT molecular complexity index is 1940. The highest BCUT2D eigenvalue weighted by Gasteiger charge is 2.59. The largest absolute Gasteiger partial charge is 0.394 e. The Morgan fingerprint density at radius 1 is 0.296 bits per heavy atom. The van der Waals surface area contributed by atoms with Crippen LogP contribution in [0, 0.1) is 0 Å².